The number of allylic oxidation sites excluding steroid dienone is 1. The van der Waals surface area contributed by atoms with E-state index in [0.717, 1.165) is 22.5 Å². The van der Waals surface area contributed by atoms with Gasteiger partial charge in [-0.15, -0.1) is 0 Å². The van der Waals surface area contributed by atoms with Gasteiger partial charge in [0.1, 0.15) is 0 Å². The highest BCUT2D eigenvalue weighted by Gasteiger charge is 2.41. The fourth-order valence-corrected chi connectivity index (χ4v) is 5.23. The van der Waals surface area contributed by atoms with E-state index >= 15 is 0 Å². The highest BCUT2D eigenvalue weighted by molar-refractivity contribution is 6.06. The molecule has 7 heteroatoms. The Morgan fingerprint density at radius 3 is 2.50 bits per heavy atom. The number of nitrogens with one attached hydrogen (secondary N) is 1. The van der Waals surface area contributed by atoms with Crippen LogP contribution in [0.5, 0.6) is 0 Å². The molecule has 0 bridgehead atoms. The van der Waals surface area contributed by atoms with Crippen molar-refractivity contribution in [2.24, 2.45) is 0 Å². The highest BCUT2D eigenvalue weighted by Crippen LogP contribution is 2.47. The van der Waals surface area contributed by atoms with Crippen molar-refractivity contribution in [2.75, 3.05) is 10.2 Å². The minimum Gasteiger partial charge on any atom is -0.357 e. The topological polar surface area (TPSA) is 92.6 Å². The molecule has 3 aromatic rings. The van der Waals surface area contributed by atoms with Crippen LogP contribution in [0.15, 0.2) is 84.1 Å². The lowest BCUT2D eigenvalue weighted by molar-refractivity contribution is -0.384. The van der Waals surface area contributed by atoms with Crippen molar-refractivity contribution in [3.63, 3.8) is 0 Å². The molecule has 3 aromatic carbocycles. The van der Waals surface area contributed by atoms with E-state index in [1.165, 1.54) is 12.1 Å². The van der Waals surface area contributed by atoms with Crippen molar-refractivity contribution < 1.29 is 14.5 Å². The Bertz CT molecular complexity index is 1390. The molecule has 7 nitrogen and oxygen atoms in total. The molecule has 182 valence electrons. The van der Waals surface area contributed by atoms with Crippen LogP contribution in [0.3, 0.4) is 0 Å². The second kappa shape index (κ2) is 9.41. The van der Waals surface area contributed by atoms with Gasteiger partial charge in [-0.2, -0.15) is 0 Å². The number of carbonyl (C=O) groups excluding carboxylic acids is 2. The molecule has 2 aliphatic rings. The second-order valence-corrected chi connectivity index (χ2v) is 9.35. The third kappa shape index (κ3) is 4.17. The Balaban J connectivity index is 1.72. The molecule has 1 heterocycles. The Morgan fingerprint density at radius 2 is 1.78 bits per heavy atom. The van der Waals surface area contributed by atoms with Crippen molar-refractivity contribution in [3.8, 4) is 0 Å². The third-order valence-electron chi connectivity index (χ3n) is 7.01. The molecule has 0 aromatic heterocycles. The molecule has 5 rings (SSSR count). The molecule has 0 saturated carbocycles. The number of nitro groups is 1. The van der Waals surface area contributed by atoms with E-state index in [-0.39, 0.29) is 29.7 Å². The molecular formula is C29H27N3O4. The van der Waals surface area contributed by atoms with Crippen LogP contribution in [-0.4, -0.2) is 16.6 Å². The van der Waals surface area contributed by atoms with Crippen LogP contribution in [0.2, 0.25) is 0 Å². The van der Waals surface area contributed by atoms with E-state index in [0.29, 0.717) is 29.7 Å². The number of benzene rings is 3. The number of non-ortho nitro benzene ring substituents is 1. The summed E-state index contributed by atoms with van der Waals surface area (Å²) in [6.45, 7) is 3.81. The van der Waals surface area contributed by atoms with Crippen LogP contribution in [0, 0.1) is 17.0 Å². The highest BCUT2D eigenvalue weighted by atomic mass is 16.6. The van der Waals surface area contributed by atoms with Gasteiger partial charge in [0.25, 0.3) is 5.69 Å². The maximum atomic E-state index is 13.9. The van der Waals surface area contributed by atoms with Crippen molar-refractivity contribution in [1.29, 1.82) is 0 Å². The molecular weight excluding hydrogens is 454 g/mol. The lowest BCUT2D eigenvalue weighted by Gasteiger charge is -2.35. The first-order valence-electron chi connectivity index (χ1n) is 12.1. The third-order valence-corrected chi connectivity index (χ3v) is 7.01. The van der Waals surface area contributed by atoms with Gasteiger partial charge in [0.05, 0.1) is 22.3 Å². The normalized spacial score (nSPS) is 19.2. The lowest BCUT2D eigenvalue weighted by Crippen LogP contribution is -2.38. The van der Waals surface area contributed by atoms with E-state index in [9.17, 15) is 19.7 Å². The Morgan fingerprint density at radius 1 is 1.03 bits per heavy atom. The van der Waals surface area contributed by atoms with Crippen LogP contribution >= 0.6 is 0 Å². The minimum atomic E-state index is -0.769. The number of hydrogen-bond acceptors (Lipinski definition) is 5. The van der Waals surface area contributed by atoms with Gasteiger partial charge in [0.2, 0.25) is 5.91 Å². The number of Topliss-reactive ketones (excluding diaryl/α,β-unsaturated/α-hetero) is 1. The summed E-state index contributed by atoms with van der Waals surface area (Å²) in [7, 11) is 0. The van der Waals surface area contributed by atoms with Gasteiger partial charge in [-0.1, -0.05) is 61.0 Å². The zero-order valence-electron chi connectivity index (χ0n) is 20.2. The van der Waals surface area contributed by atoms with Crippen LogP contribution in [-0.2, 0) is 9.59 Å². The summed E-state index contributed by atoms with van der Waals surface area (Å²) in [5.41, 5.74) is 5.34. The molecule has 0 saturated heterocycles. The van der Waals surface area contributed by atoms with E-state index in [4.69, 9.17) is 0 Å². The summed E-state index contributed by atoms with van der Waals surface area (Å²) in [4.78, 5) is 40.0. The first kappa shape index (κ1) is 23.5. The number of para-hydroxylation sites is 2. The maximum absolute atomic E-state index is 13.9. The first-order valence-corrected chi connectivity index (χ1v) is 12.1. The maximum Gasteiger partial charge on any atom is 0.269 e. The van der Waals surface area contributed by atoms with Gasteiger partial charge in [0, 0.05) is 36.2 Å². The van der Waals surface area contributed by atoms with E-state index in [1.807, 2.05) is 43.3 Å². The zero-order chi connectivity index (χ0) is 25.4. The van der Waals surface area contributed by atoms with Crippen molar-refractivity contribution in [3.05, 3.63) is 111 Å². The van der Waals surface area contributed by atoms with Gasteiger partial charge in [-0.05, 0) is 42.5 Å². The SMILES string of the molecule is CCC(=O)N1c2ccccc2NC2=C(C(=O)CC(c3ccc(C)cc3)C2)C1c1cccc([N+](=O)[O-])c1. The molecule has 1 aliphatic heterocycles. The van der Waals surface area contributed by atoms with Gasteiger partial charge in [-0.3, -0.25) is 24.6 Å². The number of rotatable bonds is 4. The Hall–Kier alpha value is -4.26. The number of fused-ring (bicyclic) bond motifs is 1. The summed E-state index contributed by atoms with van der Waals surface area (Å²) < 4.78 is 0. The second-order valence-electron chi connectivity index (χ2n) is 9.35. The van der Waals surface area contributed by atoms with Crippen molar-refractivity contribution in [1.82, 2.24) is 0 Å². The number of anilines is 2. The summed E-state index contributed by atoms with van der Waals surface area (Å²) in [5, 5.41) is 15.1. The van der Waals surface area contributed by atoms with Gasteiger partial charge in [0.15, 0.2) is 5.78 Å². The summed E-state index contributed by atoms with van der Waals surface area (Å²) in [6.07, 6.45) is 1.13. The monoisotopic (exact) mass is 481 g/mol. The van der Waals surface area contributed by atoms with Crippen LogP contribution in [0.25, 0.3) is 0 Å². The van der Waals surface area contributed by atoms with Crippen LogP contribution < -0.4 is 10.2 Å². The van der Waals surface area contributed by atoms with Gasteiger partial charge < -0.3 is 5.32 Å². The number of ketones is 1. The average molecular weight is 482 g/mol. The van der Waals surface area contributed by atoms with E-state index < -0.39 is 11.0 Å². The molecule has 0 spiro atoms. The zero-order valence-corrected chi connectivity index (χ0v) is 20.2. The largest absolute Gasteiger partial charge is 0.357 e. The summed E-state index contributed by atoms with van der Waals surface area (Å²) in [5.74, 6) is -0.230. The average Bonchev–Trinajstić information content (AvgIpc) is 3.03. The standard InChI is InChI=1S/C29H27N3O4/c1-3-27(34)31-25-10-5-4-9-23(25)30-24-16-21(19-13-11-18(2)12-14-19)17-26(33)28(24)29(31)20-7-6-8-22(15-20)32(35)36/h4-15,21,29-30H,3,16-17H2,1-2H3. The fraction of sp³-hybridized carbons (Fsp3) is 0.241. The molecule has 0 radical (unpaired) electrons. The lowest BCUT2D eigenvalue weighted by atomic mass is 9.78. The molecule has 1 N–H and O–H groups in total. The molecule has 0 fully saturated rings. The Labute approximate surface area is 209 Å². The van der Waals surface area contributed by atoms with E-state index in [1.54, 1.807) is 24.0 Å². The smallest absolute Gasteiger partial charge is 0.269 e. The number of amides is 1. The van der Waals surface area contributed by atoms with Gasteiger partial charge in [-0.25, -0.2) is 0 Å². The minimum absolute atomic E-state index is 0.00398. The number of carbonyl (C=O) groups is 2. The molecule has 2 unspecified atom stereocenters. The fourth-order valence-electron chi connectivity index (χ4n) is 5.23. The Kier molecular flexibility index (Phi) is 6.14. The van der Waals surface area contributed by atoms with Crippen molar-refractivity contribution >= 4 is 28.8 Å². The summed E-state index contributed by atoms with van der Waals surface area (Å²) in [6, 6.07) is 21.2. The van der Waals surface area contributed by atoms with E-state index in [2.05, 4.69) is 17.4 Å². The number of aryl methyl sites for hydroxylation is 1. The number of nitro benzene ring substituents is 1. The van der Waals surface area contributed by atoms with Gasteiger partial charge >= 0.3 is 0 Å². The molecule has 1 amide bonds. The molecule has 1 aliphatic carbocycles. The predicted octanol–water partition coefficient (Wildman–Crippen LogP) is 6.21. The predicted molar refractivity (Wildman–Crippen MR) is 139 cm³/mol. The van der Waals surface area contributed by atoms with Crippen molar-refractivity contribution in [2.45, 2.75) is 45.1 Å². The number of hydrogen-bond donors (Lipinski definition) is 1. The quantitative estimate of drug-likeness (QED) is 0.353. The number of nitrogens with zero attached hydrogens (tertiary/aromatic N) is 2. The van der Waals surface area contributed by atoms with Crippen LogP contribution in [0.4, 0.5) is 17.1 Å². The molecule has 2 atom stereocenters. The molecule has 36 heavy (non-hydrogen) atoms. The van der Waals surface area contributed by atoms with Crippen LogP contribution in [0.1, 0.15) is 54.8 Å². The first-order chi connectivity index (χ1) is 17.4. The summed E-state index contributed by atoms with van der Waals surface area (Å²) >= 11 is 0.